The van der Waals surface area contributed by atoms with Crippen molar-refractivity contribution in [1.82, 2.24) is 4.98 Å². The summed E-state index contributed by atoms with van der Waals surface area (Å²) in [4.78, 5) is 15.9. The third-order valence-corrected chi connectivity index (χ3v) is 4.04. The molecule has 1 aromatic carbocycles. The van der Waals surface area contributed by atoms with Gasteiger partial charge in [-0.15, -0.1) is 0 Å². The molecule has 5 heteroatoms. The Kier molecular flexibility index (Phi) is 4.20. The summed E-state index contributed by atoms with van der Waals surface area (Å²) >= 11 is 10.8. The number of carbonyl (C=O) groups excluding carboxylic acids is 1. The van der Waals surface area contributed by atoms with Gasteiger partial charge in [-0.05, 0) is 30.3 Å². The Morgan fingerprint density at radius 3 is 2.88 bits per heavy atom. The minimum atomic E-state index is 0.578. The highest BCUT2D eigenvalue weighted by Crippen LogP contribution is 2.34. The minimum Gasteiger partial charge on any atom is -0.298 e. The molecule has 0 unspecified atom stereocenters. The molecule has 0 bridgehead atoms. The number of halogens is 2. The van der Waals surface area contributed by atoms with E-state index in [9.17, 15) is 4.79 Å². The Labute approximate surface area is 117 Å². The maximum Gasteiger partial charge on any atom is 0.151 e. The quantitative estimate of drug-likeness (QED) is 0.779. The van der Waals surface area contributed by atoms with Crippen molar-refractivity contribution in [2.24, 2.45) is 0 Å². The fourth-order valence-electron chi connectivity index (χ4n) is 1.24. The average molecular weight is 329 g/mol. The topological polar surface area (TPSA) is 30.0 Å². The first kappa shape index (κ1) is 12.6. The van der Waals surface area contributed by atoms with E-state index in [0.717, 1.165) is 15.7 Å². The predicted octanol–water partition coefficient (Wildman–Crippen LogP) is 4.46. The molecular weight excluding hydrogens is 322 g/mol. The van der Waals surface area contributed by atoms with Gasteiger partial charge < -0.3 is 0 Å². The van der Waals surface area contributed by atoms with E-state index in [1.807, 2.05) is 12.1 Å². The summed E-state index contributed by atoms with van der Waals surface area (Å²) in [5.74, 6) is 0. The maximum atomic E-state index is 10.9. The van der Waals surface area contributed by atoms with E-state index in [1.165, 1.54) is 11.8 Å². The maximum absolute atomic E-state index is 10.9. The summed E-state index contributed by atoms with van der Waals surface area (Å²) < 4.78 is 0.914. The summed E-state index contributed by atoms with van der Waals surface area (Å²) in [7, 11) is 0. The van der Waals surface area contributed by atoms with Gasteiger partial charge in [0.05, 0.1) is 5.02 Å². The van der Waals surface area contributed by atoms with Gasteiger partial charge in [-0.2, -0.15) is 0 Å². The molecule has 0 aliphatic heterocycles. The van der Waals surface area contributed by atoms with Crippen molar-refractivity contribution in [3.63, 3.8) is 0 Å². The Balaban J connectivity index is 2.39. The fraction of sp³-hybridized carbons (Fsp3) is 0. The summed E-state index contributed by atoms with van der Waals surface area (Å²) in [6.07, 6.45) is 2.50. The van der Waals surface area contributed by atoms with Gasteiger partial charge in [0.2, 0.25) is 0 Å². The van der Waals surface area contributed by atoms with Gasteiger partial charge in [-0.25, -0.2) is 4.98 Å². The lowest BCUT2D eigenvalue weighted by Gasteiger charge is -2.05. The van der Waals surface area contributed by atoms with E-state index < -0.39 is 0 Å². The van der Waals surface area contributed by atoms with Gasteiger partial charge in [0.25, 0.3) is 0 Å². The van der Waals surface area contributed by atoms with Crippen LogP contribution in [0.5, 0.6) is 0 Å². The molecule has 17 heavy (non-hydrogen) atoms. The molecule has 0 spiro atoms. The van der Waals surface area contributed by atoms with Crippen LogP contribution < -0.4 is 0 Å². The molecule has 0 N–H and O–H groups in total. The van der Waals surface area contributed by atoms with Crippen LogP contribution >= 0.6 is 39.3 Å². The largest absolute Gasteiger partial charge is 0.298 e. The van der Waals surface area contributed by atoms with Crippen LogP contribution in [-0.2, 0) is 0 Å². The molecule has 0 amide bonds. The molecule has 1 heterocycles. The molecule has 0 saturated heterocycles. The van der Waals surface area contributed by atoms with Gasteiger partial charge in [0.1, 0.15) is 5.03 Å². The molecule has 0 fully saturated rings. The second kappa shape index (κ2) is 5.67. The molecule has 2 rings (SSSR count). The van der Waals surface area contributed by atoms with Gasteiger partial charge in [0, 0.05) is 21.1 Å². The lowest BCUT2D eigenvalue weighted by Crippen LogP contribution is -1.87. The van der Waals surface area contributed by atoms with Crippen molar-refractivity contribution in [2.45, 2.75) is 9.92 Å². The summed E-state index contributed by atoms with van der Waals surface area (Å²) in [5, 5.41) is 1.27. The molecule has 2 aromatic rings. The van der Waals surface area contributed by atoms with Gasteiger partial charge in [0.15, 0.2) is 6.29 Å². The number of pyridine rings is 1. The van der Waals surface area contributed by atoms with Crippen molar-refractivity contribution in [3.05, 3.63) is 51.6 Å². The van der Waals surface area contributed by atoms with Crippen LogP contribution in [0.25, 0.3) is 0 Å². The highest BCUT2D eigenvalue weighted by molar-refractivity contribution is 9.10. The fourth-order valence-corrected chi connectivity index (χ4v) is 2.90. The van der Waals surface area contributed by atoms with Crippen LogP contribution in [0.1, 0.15) is 10.4 Å². The van der Waals surface area contributed by atoms with Crippen molar-refractivity contribution in [2.75, 3.05) is 0 Å². The number of aromatic nitrogens is 1. The van der Waals surface area contributed by atoms with E-state index >= 15 is 0 Å². The predicted molar refractivity (Wildman–Crippen MR) is 72.9 cm³/mol. The van der Waals surface area contributed by atoms with Crippen molar-refractivity contribution in [3.8, 4) is 0 Å². The number of aldehydes is 1. The van der Waals surface area contributed by atoms with Gasteiger partial charge >= 0.3 is 0 Å². The molecule has 0 atom stereocenters. The summed E-state index contributed by atoms with van der Waals surface area (Å²) in [6, 6.07) is 9.01. The third kappa shape index (κ3) is 3.09. The number of benzene rings is 1. The lowest BCUT2D eigenvalue weighted by molar-refractivity contribution is 0.112. The number of carbonyl (C=O) groups is 1. The van der Waals surface area contributed by atoms with Crippen molar-refractivity contribution < 1.29 is 4.79 Å². The zero-order valence-corrected chi connectivity index (χ0v) is 11.7. The zero-order chi connectivity index (χ0) is 12.3. The SMILES string of the molecule is O=Cc1ccc(Br)cc1Sc1ncccc1Cl. The number of hydrogen-bond donors (Lipinski definition) is 0. The van der Waals surface area contributed by atoms with E-state index in [4.69, 9.17) is 11.6 Å². The average Bonchev–Trinajstić information content (AvgIpc) is 2.32. The van der Waals surface area contributed by atoms with E-state index in [1.54, 1.807) is 24.4 Å². The Morgan fingerprint density at radius 1 is 1.35 bits per heavy atom. The van der Waals surface area contributed by atoms with E-state index in [2.05, 4.69) is 20.9 Å². The molecule has 2 nitrogen and oxygen atoms in total. The number of rotatable bonds is 3. The molecule has 0 aliphatic carbocycles. The highest BCUT2D eigenvalue weighted by atomic mass is 79.9. The van der Waals surface area contributed by atoms with E-state index in [0.29, 0.717) is 15.6 Å². The van der Waals surface area contributed by atoms with Gasteiger partial charge in [-0.1, -0.05) is 39.3 Å². The van der Waals surface area contributed by atoms with E-state index in [-0.39, 0.29) is 0 Å². The molecule has 86 valence electrons. The van der Waals surface area contributed by atoms with Crippen molar-refractivity contribution in [1.29, 1.82) is 0 Å². The Hall–Kier alpha value is -0.840. The molecule has 0 aliphatic rings. The molecule has 0 radical (unpaired) electrons. The van der Waals surface area contributed by atoms with Crippen molar-refractivity contribution >= 4 is 45.6 Å². The first-order valence-electron chi connectivity index (χ1n) is 4.74. The Morgan fingerprint density at radius 2 is 2.18 bits per heavy atom. The smallest absolute Gasteiger partial charge is 0.151 e. The minimum absolute atomic E-state index is 0.578. The third-order valence-electron chi connectivity index (χ3n) is 2.03. The number of hydrogen-bond acceptors (Lipinski definition) is 3. The summed E-state index contributed by atoms with van der Waals surface area (Å²) in [6.45, 7) is 0. The Bertz CT molecular complexity index is 562. The summed E-state index contributed by atoms with van der Waals surface area (Å²) in [5.41, 5.74) is 0.625. The standard InChI is InChI=1S/C12H7BrClNOS/c13-9-4-3-8(7-16)11(6-9)17-12-10(14)2-1-5-15-12/h1-7H. The van der Waals surface area contributed by atoms with Crippen LogP contribution in [-0.4, -0.2) is 11.3 Å². The first-order chi connectivity index (χ1) is 8.20. The first-order valence-corrected chi connectivity index (χ1v) is 6.72. The zero-order valence-electron chi connectivity index (χ0n) is 8.56. The highest BCUT2D eigenvalue weighted by Gasteiger charge is 2.08. The lowest BCUT2D eigenvalue weighted by atomic mass is 10.2. The normalized spacial score (nSPS) is 10.2. The monoisotopic (exact) mass is 327 g/mol. The molecule has 1 aromatic heterocycles. The van der Waals surface area contributed by atoms with Crippen LogP contribution in [0.3, 0.4) is 0 Å². The molecule has 0 saturated carbocycles. The molecular formula is C12H7BrClNOS. The van der Waals surface area contributed by atoms with Crippen LogP contribution in [0.2, 0.25) is 5.02 Å². The van der Waals surface area contributed by atoms with Crippen LogP contribution in [0.4, 0.5) is 0 Å². The second-order valence-corrected chi connectivity index (χ2v) is 5.55. The number of nitrogens with zero attached hydrogens (tertiary/aromatic N) is 1. The second-order valence-electron chi connectivity index (χ2n) is 3.19. The van der Waals surface area contributed by atoms with Crippen LogP contribution in [0.15, 0.2) is 50.9 Å². The van der Waals surface area contributed by atoms with Crippen LogP contribution in [0, 0.1) is 0 Å². The van der Waals surface area contributed by atoms with Gasteiger partial charge in [-0.3, -0.25) is 4.79 Å².